The monoisotopic (exact) mass is 385 g/mol. The number of imide groups is 1. The molecule has 1 atom stereocenters. The van der Waals surface area contributed by atoms with Crippen LogP contribution in [0.4, 0.5) is 0 Å². The second kappa shape index (κ2) is 8.45. The maximum Gasteiger partial charge on any atom is 0.261 e. The molecule has 0 aliphatic carbocycles. The third-order valence-electron chi connectivity index (χ3n) is 4.65. The van der Waals surface area contributed by atoms with Crippen LogP contribution in [0.3, 0.4) is 0 Å². The molecule has 2 aromatic rings. The molecule has 6 nitrogen and oxygen atoms in total. The summed E-state index contributed by atoms with van der Waals surface area (Å²) in [5.74, 6) is -0.627. The Labute approximate surface area is 162 Å². The van der Waals surface area contributed by atoms with E-state index in [1.165, 1.54) is 9.78 Å². The first-order valence-corrected chi connectivity index (χ1v) is 9.78. The Balaban J connectivity index is 1.46. The minimum atomic E-state index is -0.277. The highest BCUT2D eigenvalue weighted by molar-refractivity contribution is 7.10. The first kappa shape index (κ1) is 19.3. The summed E-state index contributed by atoms with van der Waals surface area (Å²) in [6.07, 6.45) is 0.723. The van der Waals surface area contributed by atoms with E-state index in [1.54, 1.807) is 35.6 Å². The highest BCUT2D eigenvalue weighted by atomic mass is 32.1. The number of amides is 3. The van der Waals surface area contributed by atoms with Crippen molar-refractivity contribution in [1.82, 2.24) is 15.1 Å². The van der Waals surface area contributed by atoms with Crippen LogP contribution in [-0.2, 0) is 4.79 Å². The van der Waals surface area contributed by atoms with Crippen molar-refractivity contribution in [3.8, 4) is 0 Å². The molecule has 1 N–H and O–H groups in total. The highest BCUT2D eigenvalue weighted by Gasteiger charge is 2.34. The van der Waals surface area contributed by atoms with Crippen LogP contribution in [0, 0.1) is 0 Å². The minimum absolute atomic E-state index is 0.0741. The van der Waals surface area contributed by atoms with Gasteiger partial charge in [0.2, 0.25) is 5.91 Å². The van der Waals surface area contributed by atoms with Gasteiger partial charge in [0.05, 0.1) is 17.2 Å². The van der Waals surface area contributed by atoms with Gasteiger partial charge in [0.25, 0.3) is 11.8 Å². The molecule has 1 unspecified atom stereocenters. The van der Waals surface area contributed by atoms with Crippen molar-refractivity contribution in [2.45, 2.75) is 18.9 Å². The van der Waals surface area contributed by atoms with Crippen LogP contribution >= 0.6 is 11.3 Å². The number of likely N-dealkylation sites (N-methyl/N-ethyl adjacent to an activating group) is 1. The number of nitrogens with one attached hydrogen (secondary N) is 1. The number of benzene rings is 1. The van der Waals surface area contributed by atoms with E-state index < -0.39 is 0 Å². The number of thiophene rings is 1. The zero-order valence-corrected chi connectivity index (χ0v) is 16.3. The van der Waals surface area contributed by atoms with Gasteiger partial charge >= 0.3 is 0 Å². The van der Waals surface area contributed by atoms with E-state index in [0.29, 0.717) is 24.1 Å². The Bertz CT molecular complexity index is 798. The van der Waals surface area contributed by atoms with E-state index in [4.69, 9.17) is 0 Å². The first-order valence-electron chi connectivity index (χ1n) is 8.90. The van der Waals surface area contributed by atoms with Crippen LogP contribution in [0.15, 0.2) is 41.8 Å². The molecule has 1 aliphatic heterocycles. The molecule has 2 heterocycles. The predicted molar refractivity (Wildman–Crippen MR) is 105 cm³/mol. The van der Waals surface area contributed by atoms with Crippen LogP contribution < -0.4 is 5.32 Å². The normalized spacial score (nSPS) is 14.6. The van der Waals surface area contributed by atoms with E-state index in [2.05, 4.69) is 16.3 Å². The third-order valence-corrected chi connectivity index (χ3v) is 5.62. The number of fused-ring (bicyclic) bond motifs is 1. The third kappa shape index (κ3) is 4.26. The maximum absolute atomic E-state index is 12.3. The van der Waals surface area contributed by atoms with E-state index in [1.807, 2.05) is 25.5 Å². The Hall–Kier alpha value is -2.51. The van der Waals surface area contributed by atoms with E-state index in [0.717, 1.165) is 0 Å². The molecule has 1 aliphatic rings. The van der Waals surface area contributed by atoms with E-state index in [-0.39, 0.29) is 36.7 Å². The summed E-state index contributed by atoms with van der Waals surface area (Å²) < 4.78 is 0. The lowest BCUT2D eigenvalue weighted by atomic mass is 10.1. The van der Waals surface area contributed by atoms with Crippen LogP contribution in [-0.4, -0.2) is 54.7 Å². The molecule has 0 spiro atoms. The topological polar surface area (TPSA) is 69.7 Å². The molecule has 27 heavy (non-hydrogen) atoms. The van der Waals surface area contributed by atoms with Crippen LogP contribution in [0.1, 0.15) is 44.5 Å². The van der Waals surface area contributed by atoms with Crippen LogP contribution in [0.2, 0.25) is 0 Å². The molecule has 3 rings (SSSR count). The molecule has 3 amide bonds. The molecule has 1 aromatic heterocycles. The first-order chi connectivity index (χ1) is 13.0. The fourth-order valence-electron chi connectivity index (χ4n) is 3.16. The van der Waals surface area contributed by atoms with Gasteiger partial charge in [-0.25, -0.2) is 0 Å². The molecule has 0 radical (unpaired) electrons. The summed E-state index contributed by atoms with van der Waals surface area (Å²) in [5.41, 5.74) is 0.883. The Morgan fingerprint density at radius 1 is 1.11 bits per heavy atom. The van der Waals surface area contributed by atoms with Crippen LogP contribution in [0.5, 0.6) is 0 Å². The highest BCUT2D eigenvalue weighted by Crippen LogP contribution is 2.23. The van der Waals surface area contributed by atoms with Gasteiger partial charge in [-0.2, -0.15) is 0 Å². The number of hydrogen-bond donors (Lipinski definition) is 1. The summed E-state index contributed by atoms with van der Waals surface area (Å²) in [5, 5.41) is 4.98. The molecular weight excluding hydrogens is 362 g/mol. The number of carbonyl (C=O) groups excluding carboxylic acids is 3. The summed E-state index contributed by atoms with van der Waals surface area (Å²) in [4.78, 5) is 41.3. The summed E-state index contributed by atoms with van der Waals surface area (Å²) in [6, 6.07) is 11.0. The zero-order valence-electron chi connectivity index (χ0n) is 15.5. The maximum atomic E-state index is 12.3. The molecule has 0 fully saturated rings. The quantitative estimate of drug-likeness (QED) is 0.709. The van der Waals surface area contributed by atoms with Crippen molar-refractivity contribution in [3.63, 3.8) is 0 Å². The van der Waals surface area contributed by atoms with Gasteiger partial charge in [0.15, 0.2) is 0 Å². The van der Waals surface area contributed by atoms with Gasteiger partial charge in [0.1, 0.15) is 0 Å². The fraction of sp³-hybridized carbons (Fsp3) is 0.350. The summed E-state index contributed by atoms with van der Waals surface area (Å²) in [6.45, 7) is 0.779. The van der Waals surface area contributed by atoms with Gasteiger partial charge in [-0.3, -0.25) is 19.3 Å². The Kier molecular flexibility index (Phi) is 6.03. The average Bonchev–Trinajstić information content (AvgIpc) is 3.25. The van der Waals surface area contributed by atoms with Crippen LogP contribution in [0.25, 0.3) is 0 Å². The second-order valence-corrected chi connectivity index (χ2v) is 7.69. The standard InChI is InChI=1S/C20H23N3O3S/c1-22(2)16(17-9-6-12-27-17)13-21-18(24)10-5-11-23-19(25)14-7-3-4-8-15(14)20(23)26/h3-4,6-9,12,16H,5,10-11,13H2,1-2H3,(H,21,24). The smallest absolute Gasteiger partial charge is 0.261 e. The molecule has 142 valence electrons. The molecule has 0 bridgehead atoms. The SMILES string of the molecule is CN(C)C(CNC(=O)CCCN1C(=O)c2ccccc2C1=O)c1cccs1. The van der Waals surface area contributed by atoms with Crippen molar-refractivity contribution in [2.75, 3.05) is 27.2 Å². The van der Waals surface area contributed by atoms with Crippen molar-refractivity contribution >= 4 is 29.1 Å². The lowest BCUT2D eigenvalue weighted by Gasteiger charge is -2.23. The fourth-order valence-corrected chi connectivity index (χ4v) is 4.08. The molecule has 7 heteroatoms. The van der Waals surface area contributed by atoms with Gasteiger partial charge in [-0.1, -0.05) is 18.2 Å². The van der Waals surface area contributed by atoms with Crippen molar-refractivity contribution in [2.24, 2.45) is 0 Å². The van der Waals surface area contributed by atoms with Crippen molar-refractivity contribution in [3.05, 3.63) is 57.8 Å². The van der Waals surface area contributed by atoms with Crippen molar-refractivity contribution in [1.29, 1.82) is 0 Å². The summed E-state index contributed by atoms with van der Waals surface area (Å²) >= 11 is 1.67. The van der Waals surface area contributed by atoms with E-state index in [9.17, 15) is 14.4 Å². The molecule has 0 saturated carbocycles. The summed E-state index contributed by atoms with van der Waals surface area (Å²) in [7, 11) is 3.97. The van der Waals surface area contributed by atoms with Gasteiger partial charge in [0, 0.05) is 24.4 Å². The van der Waals surface area contributed by atoms with Gasteiger partial charge in [-0.15, -0.1) is 11.3 Å². The molecule has 0 saturated heterocycles. The number of rotatable bonds is 8. The number of nitrogens with zero attached hydrogens (tertiary/aromatic N) is 2. The van der Waals surface area contributed by atoms with Crippen molar-refractivity contribution < 1.29 is 14.4 Å². The second-order valence-electron chi connectivity index (χ2n) is 6.71. The largest absolute Gasteiger partial charge is 0.354 e. The number of hydrogen-bond acceptors (Lipinski definition) is 5. The minimum Gasteiger partial charge on any atom is -0.354 e. The zero-order chi connectivity index (χ0) is 19.4. The lowest BCUT2D eigenvalue weighted by molar-refractivity contribution is -0.121. The molecular formula is C20H23N3O3S. The van der Waals surface area contributed by atoms with Gasteiger partial charge < -0.3 is 10.2 Å². The van der Waals surface area contributed by atoms with Gasteiger partial charge in [-0.05, 0) is 44.1 Å². The average molecular weight is 385 g/mol. The Morgan fingerprint density at radius 2 is 1.78 bits per heavy atom. The molecule has 1 aromatic carbocycles. The number of carbonyl (C=O) groups is 3. The Morgan fingerprint density at radius 3 is 2.33 bits per heavy atom. The predicted octanol–water partition coefficient (Wildman–Crippen LogP) is 2.54. The van der Waals surface area contributed by atoms with E-state index >= 15 is 0 Å². The lowest BCUT2D eigenvalue weighted by Crippen LogP contribution is -2.35.